The van der Waals surface area contributed by atoms with Crippen LogP contribution in [0.3, 0.4) is 0 Å². The molecule has 3 rings (SSSR count). The fraction of sp³-hybridized carbons (Fsp3) is 0.235. The zero-order valence-corrected chi connectivity index (χ0v) is 11.8. The van der Waals surface area contributed by atoms with E-state index in [0.717, 1.165) is 10.9 Å². The van der Waals surface area contributed by atoms with Crippen molar-refractivity contribution in [3.63, 3.8) is 0 Å². The molecule has 2 aromatic carbocycles. The summed E-state index contributed by atoms with van der Waals surface area (Å²) in [4.78, 5) is 12.1. The third-order valence-corrected chi connectivity index (χ3v) is 3.49. The molecule has 0 aromatic heterocycles. The molecule has 0 saturated carbocycles. The number of carbonyl (C=O) groups is 1. The van der Waals surface area contributed by atoms with Gasteiger partial charge in [0.1, 0.15) is 19.5 Å². The molecule has 1 N–H and O–H groups in total. The van der Waals surface area contributed by atoms with Gasteiger partial charge in [-0.1, -0.05) is 36.4 Å². The SMILES string of the molecule is CC(NC(=O)C1=COCCO1)c1ccc2ccccc2c1. The van der Waals surface area contributed by atoms with Gasteiger partial charge in [0.15, 0.2) is 0 Å². The van der Waals surface area contributed by atoms with E-state index in [1.165, 1.54) is 11.6 Å². The van der Waals surface area contributed by atoms with Gasteiger partial charge in [0.25, 0.3) is 5.91 Å². The van der Waals surface area contributed by atoms with Crippen LogP contribution in [0.2, 0.25) is 0 Å². The molecule has 0 aliphatic carbocycles. The fourth-order valence-corrected chi connectivity index (χ4v) is 2.32. The second kappa shape index (κ2) is 5.87. The summed E-state index contributed by atoms with van der Waals surface area (Å²) in [5.41, 5.74) is 1.05. The number of hydrogen-bond donors (Lipinski definition) is 1. The highest BCUT2D eigenvalue weighted by atomic mass is 16.6. The van der Waals surface area contributed by atoms with Gasteiger partial charge in [-0.25, -0.2) is 0 Å². The first-order chi connectivity index (χ1) is 10.2. The van der Waals surface area contributed by atoms with Crippen LogP contribution in [0.4, 0.5) is 0 Å². The standard InChI is InChI=1S/C17H17NO3/c1-12(18-17(19)16-11-20-8-9-21-16)14-7-6-13-4-2-3-5-15(13)10-14/h2-7,10-12H,8-9H2,1H3,(H,18,19). The number of hydrogen-bond acceptors (Lipinski definition) is 3. The highest BCUT2D eigenvalue weighted by Crippen LogP contribution is 2.20. The average Bonchev–Trinajstić information content (AvgIpc) is 2.55. The molecule has 0 bridgehead atoms. The van der Waals surface area contributed by atoms with Gasteiger partial charge >= 0.3 is 0 Å². The Morgan fingerprint density at radius 3 is 2.71 bits per heavy atom. The molecule has 1 unspecified atom stereocenters. The van der Waals surface area contributed by atoms with Gasteiger partial charge in [-0.3, -0.25) is 4.79 Å². The van der Waals surface area contributed by atoms with Crippen molar-refractivity contribution in [1.29, 1.82) is 0 Å². The molecule has 108 valence electrons. The van der Waals surface area contributed by atoms with E-state index < -0.39 is 0 Å². The largest absolute Gasteiger partial charge is 0.494 e. The first-order valence-corrected chi connectivity index (χ1v) is 6.98. The molecule has 1 aliphatic heterocycles. The lowest BCUT2D eigenvalue weighted by atomic mass is 10.0. The number of carbonyl (C=O) groups excluding carboxylic acids is 1. The summed E-state index contributed by atoms with van der Waals surface area (Å²) < 4.78 is 10.4. The van der Waals surface area contributed by atoms with Gasteiger partial charge in [-0.15, -0.1) is 0 Å². The molecule has 2 aromatic rings. The van der Waals surface area contributed by atoms with Crippen LogP contribution in [0.5, 0.6) is 0 Å². The van der Waals surface area contributed by atoms with Crippen LogP contribution < -0.4 is 5.32 Å². The van der Waals surface area contributed by atoms with Crippen molar-refractivity contribution < 1.29 is 14.3 Å². The van der Waals surface area contributed by atoms with Crippen LogP contribution in [0.15, 0.2) is 54.5 Å². The number of fused-ring (bicyclic) bond motifs is 1. The predicted octanol–water partition coefficient (Wildman–Crippen LogP) is 2.91. The van der Waals surface area contributed by atoms with Gasteiger partial charge in [0.2, 0.25) is 5.76 Å². The Morgan fingerprint density at radius 1 is 1.14 bits per heavy atom. The lowest BCUT2D eigenvalue weighted by Crippen LogP contribution is -2.30. The summed E-state index contributed by atoms with van der Waals surface area (Å²) in [6, 6.07) is 14.2. The van der Waals surface area contributed by atoms with E-state index in [1.807, 2.05) is 25.1 Å². The number of amides is 1. The molecule has 0 radical (unpaired) electrons. The van der Waals surface area contributed by atoms with E-state index in [0.29, 0.717) is 13.2 Å². The van der Waals surface area contributed by atoms with Crippen LogP contribution in [-0.4, -0.2) is 19.1 Å². The lowest BCUT2D eigenvalue weighted by Gasteiger charge is -2.18. The van der Waals surface area contributed by atoms with E-state index in [1.54, 1.807) is 0 Å². The van der Waals surface area contributed by atoms with E-state index in [9.17, 15) is 4.79 Å². The minimum Gasteiger partial charge on any atom is -0.494 e. The summed E-state index contributed by atoms with van der Waals surface area (Å²) >= 11 is 0. The number of ether oxygens (including phenoxy) is 2. The Kier molecular flexibility index (Phi) is 3.77. The Morgan fingerprint density at radius 2 is 1.95 bits per heavy atom. The van der Waals surface area contributed by atoms with Crippen LogP contribution in [0.1, 0.15) is 18.5 Å². The highest BCUT2D eigenvalue weighted by Gasteiger charge is 2.17. The molecule has 1 aliphatic rings. The van der Waals surface area contributed by atoms with Crippen molar-refractivity contribution in [3.8, 4) is 0 Å². The molecular formula is C17H17NO3. The quantitative estimate of drug-likeness (QED) is 0.942. The van der Waals surface area contributed by atoms with Crippen LogP contribution in [0, 0.1) is 0 Å². The summed E-state index contributed by atoms with van der Waals surface area (Å²) in [5, 5.41) is 5.26. The average molecular weight is 283 g/mol. The van der Waals surface area contributed by atoms with Gasteiger partial charge < -0.3 is 14.8 Å². The molecule has 1 heterocycles. The highest BCUT2D eigenvalue weighted by molar-refractivity contribution is 5.91. The van der Waals surface area contributed by atoms with E-state index in [4.69, 9.17) is 9.47 Å². The van der Waals surface area contributed by atoms with Crippen molar-refractivity contribution in [2.24, 2.45) is 0 Å². The van der Waals surface area contributed by atoms with Gasteiger partial charge in [0, 0.05) is 0 Å². The third kappa shape index (κ3) is 2.99. The summed E-state index contributed by atoms with van der Waals surface area (Å²) in [7, 11) is 0. The maximum atomic E-state index is 12.1. The van der Waals surface area contributed by atoms with Crippen molar-refractivity contribution in [2.45, 2.75) is 13.0 Å². The number of benzene rings is 2. The van der Waals surface area contributed by atoms with E-state index >= 15 is 0 Å². The monoisotopic (exact) mass is 283 g/mol. The van der Waals surface area contributed by atoms with Crippen molar-refractivity contribution in [1.82, 2.24) is 5.32 Å². The smallest absolute Gasteiger partial charge is 0.290 e. The molecule has 4 heteroatoms. The summed E-state index contributed by atoms with van der Waals surface area (Å²) in [6.07, 6.45) is 1.37. The van der Waals surface area contributed by atoms with Gasteiger partial charge in [0.05, 0.1) is 6.04 Å². The first-order valence-electron chi connectivity index (χ1n) is 6.98. The molecule has 21 heavy (non-hydrogen) atoms. The van der Waals surface area contributed by atoms with Crippen molar-refractivity contribution in [2.75, 3.05) is 13.2 Å². The van der Waals surface area contributed by atoms with Crippen LogP contribution >= 0.6 is 0 Å². The fourth-order valence-electron chi connectivity index (χ4n) is 2.32. The van der Waals surface area contributed by atoms with Crippen molar-refractivity contribution >= 4 is 16.7 Å². The zero-order valence-electron chi connectivity index (χ0n) is 11.8. The predicted molar refractivity (Wildman–Crippen MR) is 80.5 cm³/mol. The first kappa shape index (κ1) is 13.5. The molecule has 4 nitrogen and oxygen atoms in total. The van der Waals surface area contributed by atoms with E-state index in [2.05, 4.69) is 29.6 Å². The molecule has 0 saturated heterocycles. The third-order valence-electron chi connectivity index (χ3n) is 3.49. The normalized spacial score (nSPS) is 15.6. The second-order valence-corrected chi connectivity index (χ2v) is 5.00. The number of nitrogens with one attached hydrogen (secondary N) is 1. The van der Waals surface area contributed by atoms with Gasteiger partial charge in [-0.2, -0.15) is 0 Å². The summed E-state index contributed by atoms with van der Waals surface area (Å²) in [6.45, 7) is 2.84. The lowest BCUT2D eigenvalue weighted by molar-refractivity contribution is -0.122. The Labute approximate surface area is 123 Å². The molecule has 0 fully saturated rings. The molecular weight excluding hydrogens is 266 g/mol. The van der Waals surface area contributed by atoms with E-state index in [-0.39, 0.29) is 17.7 Å². The van der Waals surface area contributed by atoms with Crippen LogP contribution in [0.25, 0.3) is 10.8 Å². The Hall–Kier alpha value is -2.49. The molecule has 0 spiro atoms. The van der Waals surface area contributed by atoms with Crippen molar-refractivity contribution in [3.05, 3.63) is 60.0 Å². The molecule has 1 amide bonds. The molecule has 1 atom stereocenters. The minimum absolute atomic E-state index is 0.103. The second-order valence-electron chi connectivity index (χ2n) is 5.00. The maximum Gasteiger partial charge on any atom is 0.290 e. The van der Waals surface area contributed by atoms with Gasteiger partial charge in [-0.05, 0) is 29.3 Å². The summed E-state index contributed by atoms with van der Waals surface area (Å²) in [5.74, 6) is -0.0238. The minimum atomic E-state index is -0.254. The Bertz CT molecular complexity index is 693. The van der Waals surface area contributed by atoms with Crippen LogP contribution in [-0.2, 0) is 14.3 Å². The Balaban J connectivity index is 1.75. The zero-order chi connectivity index (χ0) is 14.7. The topological polar surface area (TPSA) is 47.6 Å². The maximum absolute atomic E-state index is 12.1. The number of rotatable bonds is 3.